The van der Waals surface area contributed by atoms with Gasteiger partial charge in [0.05, 0.1) is 10.6 Å². The van der Waals surface area contributed by atoms with Crippen molar-refractivity contribution in [1.29, 1.82) is 0 Å². The lowest BCUT2D eigenvalue weighted by Crippen LogP contribution is -1.86. The number of hydrogen-bond donors (Lipinski definition) is 0. The molecule has 0 saturated heterocycles. The minimum atomic E-state index is 0.822. The van der Waals surface area contributed by atoms with Crippen molar-refractivity contribution >= 4 is 17.4 Å². The number of nitrogens with zero attached hydrogens (tertiary/aromatic N) is 1. The Hall–Kier alpha value is -2.97. The molecule has 0 aliphatic carbocycles. The van der Waals surface area contributed by atoms with Crippen molar-refractivity contribution in [3.8, 4) is 21.0 Å². The number of allylic oxidation sites excluding steroid dienone is 1. The summed E-state index contributed by atoms with van der Waals surface area (Å²) < 4.78 is 0. The summed E-state index contributed by atoms with van der Waals surface area (Å²) in [4.78, 5) is 6.21. The zero-order chi connectivity index (χ0) is 17.6. The third kappa shape index (κ3) is 3.81. The first kappa shape index (κ1) is 16.5. The fourth-order valence-electron chi connectivity index (χ4n) is 2.88. The van der Waals surface area contributed by atoms with E-state index >= 15 is 0 Å². The number of rotatable bonds is 5. The topological polar surface area (TPSA) is 12.9 Å². The second-order valence-electron chi connectivity index (χ2n) is 6.04. The standard InChI is InChI=1S/C24H19NS/c1-4-11-19(12-5-1)13-10-18-22-23(20-14-6-2-7-15-20)26-24(25-22)21-16-8-3-9-17-21/h1-17H,18H2/b13-10+. The molecule has 3 aromatic carbocycles. The molecule has 0 atom stereocenters. The first-order valence-corrected chi connectivity index (χ1v) is 9.54. The highest BCUT2D eigenvalue weighted by atomic mass is 32.1. The van der Waals surface area contributed by atoms with E-state index < -0.39 is 0 Å². The van der Waals surface area contributed by atoms with Crippen LogP contribution in [-0.4, -0.2) is 4.98 Å². The second-order valence-corrected chi connectivity index (χ2v) is 7.04. The Labute approximate surface area is 158 Å². The lowest BCUT2D eigenvalue weighted by Gasteiger charge is -1.99. The van der Waals surface area contributed by atoms with E-state index in [1.54, 1.807) is 11.3 Å². The van der Waals surface area contributed by atoms with Crippen LogP contribution in [0.2, 0.25) is 0 Å². The third-order valence-electron chi connectivity index (χ3n) is 4.18. The summed E-state index contributed by atoms with van der Waals surface area (Å²) in [6.07, 6.45) is 5.18. The Morgan fingerprint density at radius 2 is 1.27 bits per heavy atom. The maximum Gasteiger partial charge on any atom is 0.124 e. The SMILES string of the molecule is C(=C\c1ccccc1)/Cc1nc(-c2ccccc2)sc1-c1ccccc1. The highest BCUT2D eigenvalue weighted by Gasteiger charge is 2.13. The van der Waals surface area contributed by atoms with Gasteiger partial charge in [0, 0.05) is 12.0 Å². The number of aromatic nitrogens is 1. The molecule has 0 spiro atoms. The van der Waals surface area contributed by atoms with Crippen molar-refractivity contribution in [2.45, 2.75) is 6.42 Å². The van der Waals surface area contributed by atoms with Gasteiger partial charge in [-0.25, -0.2) is 4.98 Å². The van der Waals surface area contributed by atoms with Gasteiger partial charge in [0.1, 0.15) is 5.01 Å². The quantitative estimate of drug-likeness (QED) is 0.387. The largest absolute Gasteiger partial charge is 0.240 e. The summed E-state index contributed by atoms with van der Waals surface area (Å²) in [7, 11) is 0. The molecule has 1 aromatic heterocycles. The molecular formula is C24H19NS. The molecular weight excluding hydrogens is 334 g/mol. The molecule has 0 fully saturated rings. The lowest BCUT2D eigenvalue weighted by molar-refractivity contribution is 1.16. The molecule has 1 nitrogen and oxygen atoms in total. The summed E-state index contributed by atoms with van der Waals surface area (Å²) >= 11 is 1.77. The molecule has 0 aliphatic rings. The van der Waals surface area contributed by atoms with Crippen LogP contribution in [-0.2, 0) is 6.42 Å². The van der Waals surface area contributed by atoms with Crippen molar-refractivity contribution in [2.75, 3.05) is 0 Å². The van der Waals surface area contributed by atoms with Gasteiger partial charge in [-0.1, -0.05) is 103 Å². The molecule has 126 valence electrons. The van der Waals surface area contributed by atoms with Crippen LogP contribution in [0.4, 0.5) is 0 Å². The van der Waals surface area contributed by atoms with Gasteiger partial charge in [-0.05, 0) is 11.1 Å². The molecule has 0 bridgehead atoms. The van der Waals surface area contributed by atoms with Crippen LogP contribution in [0.15, 0.2) is 97.1 Å². The van der Waals surface area contributed by atoms with Gasteiger partial charge >= 0.3 is 0 Å². The molecule has 4 rings (SSSR count). The van der Waals surface area contributed by atoms with Gasteiger partial charge < -0.3 is 0 Å². The minimum absolute atomic E-state index is 0.822. The monoisotopic (exact) mass is 353 g/mol. The second kappa shape index (κ2) is 7.94. The molecule has 2 heteroatoms. The van der Waals surface area contributed by atoms with E-state index in [1.807, 2.05) is 12.1 Å². The van der Waals surface area contributed by atoms with Crippen molar-refractivity contribution in [3.05, 3.63) is 108 Å². The van der Waals surface area contributed by atoms with Crippen LogP contribution >= 0.6 is 11.3 Å². The van der Waals surface area contributed by atoms with Gasteiger partial charge in [-0.15, -0.1) is 11.3 Å². The normalized spacial score (nSPS) is 11.1. The third-order valence-corrected chi connectivity index (χ3v) is 5.37. The zero-order valence-electron chi connectivity index (χ0n) is 14.4. The van der Waals surface area contributed by atoms with Gasteiger partial charge in [-0.2, -0.15) is 0 Å². The predicted octanol–water partition coefficient (Wildman–Crippen LogP) is 6.73. The van der Waals surface area contributed by atoms with Crippen molar-refractivity contribution in [1.82, 2.24) is 4.98 Å². The molecule has 1 heterocycles. The van der Waals surface area contributed by atoms with Crippen LogP contribution in [0.5, 0.6) is 0 Å². The highest BCUT2D eigenvalue weighted by Crippen LogP contribution is 2.35. The van der Waals surface area contributed by atoms with Gasteiger partial charge in [0.15, 0.2) is 0 Å². The van der Waals surface area contributed by atoms with Crippen LogP contribution in [0.3, 0.4) is 0 Å². The van der Waals surface area contributed by atoms with Gasteiger partial charge in [0.2, 0.25) is 0 Å². The average molecular weight is 353 g/mol. The highest BCUT2D eigenvalue weighted by molar-refractivity contribution is 7.18. The maximum absolute atomic E-state index is 4.96. The van der Waals surface area contributed by atoms with E-state index in [9.17, 15) is 0 Å². The minimum Gasteiger partial charge on any atom is -0.240 e. The Morgan fingerprint density at radius 1 is 0.692 bits per heavy atom. The Bertz CT molecular complexity index is 986. The summed E-state index contributed by atoms with van der Waals surface area (Å²) in [6, 6.07) is 31.3. The molecule has 0 radical (unpaired) electrons. The van der Waals surface area contributed by atoms with Crippen LogP contribution < -0.4 is 0 Å². The summed E-state index contributed by atoms with van der Waals surface area (Å²) in [5.41, 5.74) is 4.75. The molecule has 0 amide bonds. The first-order valence-electron chi connectivity index (χ1n) is 8.72. The molecule has 26 heavy (non-hydrogen) atoms. The van der Waals surface area contributed by atoms with Crippen LogP contribution in [0, 0.1) is 0 Å². The van der Waals surface area contributed by atoms with Crippen molar-refractivity contribution < 1.29 is 0 Å². The van der Waals surface area contributed by atoms with Crippen LogP contribution in [0.25, 0.3) is 27.1 Å². The fraction of sp³-hybridized carbons (Fsp3) is 0.0417. The number of hydrogen-bond acceptors (Lipinski definition) is 2. The summed E-state index contributed by atoms with van der Waals surface area (Å²) in [6.45, 7) is 0. The summed E-state index contributed by atoms with van der Waals surface area (Å²) in [5, 5.41) is 1.08. The lowest BCUT2D eigenvalue weighted by atomic mass is 10.1. The smallest absolute Gasteiger partial charge is 0.124 e. The first-order chi connectivity index (χ1) is 12.9. The maximum atomic E-state index is 4.96. The van der Waals surface area contributed by atoms with Crippen molar-refractivity contribution in [3.63, 3.8) is 0 Å². The Kier molecular flexibility index (Phi) is 5.04. The molecule has 0 N–H and O–H groups in total. The predicted molar refractivity (Wildman–Crippen MR) is 112 cm³/mol. The average Bonchev–Trinajstić information content (AvgIpc) is 3.14. The molecule has 0 unspecified atom stereocenters. The number of thiazole rings is 1. The van der Waals surface area contributed by atoms with Gasteiger partial charge in [-0.3, -0.25) is 0 Å². The number of benzene rings is 3. The molecule has 0 aliphatic heterocycles. The zero-order valence-corrected chi connectivity index (χ0v) is 15.2. The fourth-order valence-corrected chi connectivity index (χ4v) is 3.98. The van der Waals surface area contributed by atoms with E-state index in [1.165, 1.54) is 21.6 Å². The van der Waals surface area contributed by atoms with Crippen molar-refractivity contribution in [2.24, 2.45) is 0 Å². The Morgan fingerprint density at radius 3 is 1.92 bits per heavy atom. The van der Waals surface area contributed by atoms with E-state index in [-0.39, 0.29) is 0 Å². The van der Waals surface area contributed by atoms with Crippen LogP contribution in [0.1, 0.15) is 11.3 Å². The molecule has 4 aromatic rings. The van der Waals surface area contributed by atoms with E-state index in [0.29, 0.717) is 0 Å². The summed E-state index contributed by atoms with van der Waals surface area (Å²) in [5.74, 6) is 0. The van der Waals surface area contributed by atoms with E-state index in [4.69, 9.17) is 4.98 Å². The van der Waals surface area contributed by atoms with Gasteiger partial charge in [0.25, 0.3) is 0 Å². The van der Waals surface area contributed by atoms with E-state index in [2.05, 4.69) is 91.0 Å². The van der Waals surface area contributed by atoms with E-state index in [0.717, 1.165) is 17.1 Å². The Balaban J connectivity index is 1.68. The molecule has 0 saturated carbocycles.